The Morgan fingerprint density at radius 3 is 3.12 bits per heavy atom. The van der Waals surface area contributed by atoms with Gasteiger partial charge in [-0.3, -0.25) is 4.90 Å². The van der Waals surface area contributed by atoms with E-state index in [0.717, 1.165) is 16.9 Å². The molecule has 1 aliphatic rings. The fourth-order valence-corrected chi connectivity index (χ4v) is 1.80. The molecule has 3 N–H and O–H groups in total. The quantitative estimate of drug-likeness (QED) is 0.477. The van der Waals surface area contributed by atoms with Crippen LogP contribution in [0.25, 0.3) is 0 Å². The zero-order valence-corrected chi connectivity index (χ0v) is 10.2. The van der Waals surface area contributed by atoms with Gasteiger partial charge < -0.3 is 11.1 Å². The van der Waals surface area contributed by atoms with Gasteiger partial charge in [0.15, 0.2) is 0 Å². The molecule has 0 spiro atoms. The molecule has 0 saturated carbocycles. The van der Waals surface area contributed by atoms with Crippen LogP contribution in [0.4, 0.5) is 16.2 Å². The van der Waals surface area contributed by atoms with Crippen molar-refractivity contribution in [2.24, 2.45) is 10.7 Å². The molecule has 0 saturated heterocycles. The number of carbonyl (C=O) groups excluding carboxylic acids is 1. The van der Waals surface area contributed by atoms with Crippen LogP contribution in [0.2, 0.25) is 0 Å². The van der Waals surface area contributed by atoms with Gasteiger partial charge in [-0.1, -0.05) is 6.07 Å². The molecule has 0 bridgehead atoms. The number of rotatable bonds is 2. The maximum Gasteiger partial charge on any atom is 0.321 e. The lowest BCUT2D eigenvalue weighted by atomic mass is 10.1. The van der Waals surface area contributed by atoms with Gasteiger partial charge in [-0.05, 0) is 12.1 Å². The van der Waals surface area contributed by atoms with E-state index in [4.69, 9.17) is 17.3 Å². The topological polar surface area (TPSA) is 70.7 Å². The smallest absolute Gasteiger partial charge is 0.321 e. The number of carbonyl (C=O) groups is 1. The molecule has 0 unspecified atom stereocenters. The van der Waals surface area contributed by atoms with Crippen LogP contribution in [0.3, 0.4) is 0 Å². The molecular weight excluding hydrogens is 240 g/mol. The summed E-state index contributed by atoms with van der Waals surface area (Å²) in [5.74, 6) is 0.547. The van der Waals surface area contributed by atoms with E-state index in [-0.39, 0.29) is 11.9 Å². The van der Waals surface area contributed by atoms with E-state index < -0.39 is 0 Å². The number of nitrogens with zero attached hydrogens (tertiary/aromatic N) is 2. The maximum absolute atomic E-state index is 11.5. The number of urea groups is 1. The second-order valence-corrected chi connectivity index (χ2v) is 4.00. The Labute approximate surface area is 104 Å². The van der Waals surface area contributed by atoms with Gasteiger partial charge in [0.25, 0.3) is 0 Å². The summed E-state index contributed by atoms with van der Waals surface area (Å²) < 4.78 is 0. The lowest BCUT2D eigenvalue weighted by Crippen LogP contribution is -2.41. The van der Waals surface area contributed by atoms with E-state index in [2.05, 4.69) is 10.3 Å². The number of fused-ring (bicyclic) bond motifs is 1. The molecule has 2 rings (SSSR count). The van der Waals surface area contributed by atoms with Crippen molar-refractivity contribution in [3.8, 4) is 0 Å². The second kappa shape index (κ2) is 4.63. The van der Waals surface area contributed by atoms with Crippen molar-refractivity contribution in [3.63, 3.8) is 0 Å². The SMILES string of the molecule is CN1C(=O)NCc2c(N=C(N)CCl)cccc21. The van der Waals surface area contributed by atoms with Crippen molar-refractivity contribution < 1.29 is 4.79 Å². The summed E-state index contributed by atoms with van der Waals surface area (Å²) in [5, 5.41) is 2.76. The lowest BCUT2D eigenvalue weighted by molar-refractivity contribution is 0.246. The number of hydrogen-bond acceptors (Lipinski definition) is 2. The van der Waals surface area contributed by atoms with Crippen LogP contribution in [-0.2, 0) is 6.54 Å². The van der Waals surface area contributed by atoms with E-state index in [1.54, 1.807) is 11.9 Å². The number of benzene rings is 1. The van der Waals surface area contributed by atoms with Gasteiger partial charge >= 0.3 is 6.03 Å². The number of amides is 2. The van der Waals surface area contributed by atoms with E-state index in [9.17, 15) is 4.79 Å². The summed E-state index contributed by atoms with van der Waals surface area (Å²) in [4.78, 5) is 17.3. The molecule has 1 aromatic rings. The van der Waals surface area contributed by atoms with E-state index >= 15 is 0 Å². The highest BCUT2D eigenvalue weighted by atomic mass is 35.5. The highest BCUT2D eigenvalue weighted by Gasteiger charge is 2.22. The number of aliphatic imine (C=N–C) groups is 1. The highest BCUT2D eigenvalue weighted by molar-refractivity contribution is 6.28. The maximum atomic E-state index is 11.5. The summed E-state index contributed by atoms with van der Waals surface area (Å²) in [6.07, 6.45) is 0. The molecule has 1 aromatic carbocycles. The molecular formula is C11H13ClN4O. The number of nitrogens with two attached hydrogens (primary N) is 1. The third kappa shape index (κ3) is 2.19. The molecule has 0 atom stereocenters. The summed E-state index contributed by atoms with van der Waals surface area (Å²) in [6.45, 7) is 0.452. The van der Waals surface area contributed by atoms with Crippen LogP contribution in [0, 0.1) is 0 Å². The Morgan fingerprint density at radius 1 is 1.65 bits per heavy atom. The van der Waals surface area contributed by atoms with Gasteiger partial charge in [0.05, 0.1) is 17.3 Å². The molecule has 1 heterocycles. The lowest BCUT2D eigenvalue weighted by Gasteiger charge is -2.27. The normalized spacial score (nSPS) is 15.5. The number of nitrogens with one attached hydrogen (secondary N) is 1. The summed E-state index contributed by atoms with van der Waals surface area (Å²) >= 11 is 5.60. The number of anilines is 1. The Kier molecular flexibility index (Phi) is 3.19. The molecule has 0 aliphatic carbocycles. The zero-order chi connectivity index (χ0) is 12.4. The first-order valence-electron chi connectivity index (χ1n) is 5.16. The van der Waals surface area contributed by atoms with Gasteiger partial charge in [-0.2, -0.15) is 0 Å². The van der Waals surface area contributed by atoms with Crippen molar-refractivity contribution >= 4 is 34.8 Å². The van der Waals surface area contributed by atoms with Crippen molar-refractivity contribution in [1.82, 2.24) is 5.32 Å². The zero-order valence-electron chi connectivity index (χ0n) is 9.40. The fraction of sp³-hybridized carbons (Fsp3) is 0.273. The largest absolute Gasteiger partial charge is 0.386 e. The number of halogens is 1. The number of alkyl halides is 1. The number of hydrogen-bond donors (Lipinski definition) is 2. The van der Waals surface area contributed by atoms with Gasteiger partial charge in [-0.25, -0.2) is 9.79 Å². The Balaban J connectivity index is 2.48. The molecule has 17 heavy (non-hydrogen) atoms. The van der Waals surface area contributed by atoms with Crippen molar-refractivity contribution in [3.05, 3.63) is 23.8 Å². The van der Waals surface area contributed by atoms with Crippen LogP contribution in [0.5, 0.6) is 0 Å². The molecule has 6 heteroatoms. The first-order valence-corrected chi connectivity index (χ1v) is 5.69. The predicted molar refractivity (Wildman–Crippen MR) is 69.1 cm³/mol. The van der Waals surface area contributed by atoms with E-state index in [1.807, 2.05) is 18.2 Å². The fourth-order valence-electron chi connectivity index (χ4n) is 1.74. The average molecular weight is 253 g/mol. The molecule has 2 amide bonds. The Morgan fingerprint density at radius 2 is 2.41 bits per heavy atom. The first kappa shape index (κ1) is 11.7. The minimum Gasteiger partial charge on any atom is -0.386 e. The first-order chi connectivity index (χ1) is 8.13. The predicted octanol–water partition coefficient (Wildman–Crippen LogP) is 1.57. The highest BCUT2D eigenvalue weighted by Crippen LogP contribution is 2.31. The molecule has 90 valence electrons. The van der Waals surface area contributed by atoms with Gasteiger partial charge in [0.2, 0.25) is 0 Å². The average Bonchev–Trinajstić information content (AvgIpc) is 2.34. The molecule has 1 aliphatic heterocycles. The summed E-state index contributed by atoms with van der Waals surface area (Å²) in [7, 11) is 1.71. The standard InChI is InChI=1S/C11H13ClN4O/c1-16-9-4-2-3-8(15-10(13)5-12)7(9)6-14-11(16)17/h2-4H,5-6H2,1H3,(H2,13,15)(H,14,17). The van der Waals surface area contributed by atoms with Crippen LogP contribution < -0.4 is 16.0 Å². The third-order valence-electron chi connectivity index (χ3n) is 2.61. The molecule has 0 radical (unpaired) electrons. The van der Waals surface area contributed by atoms with Crippen molar-refractivity contribution in [1.29, 1.82) is 0 Å². The summed E-state index contributed by atoms with van der Waals surface area (Å²) in [5.41, 5.74) is 8.15. The van der Waals surface area contributed by atoms with Crippen LogP contribution in [-0.4, -0.2) is 24.8 Å². The minimum absolute atomic E-state index is 0.121. The monoisotopic (exact) mass is 252 g/mol. The minimum atomic E-state index is -0.121. The third-order valence-corrected chi connectivity index (χ3v) is 2.88. The van der Waals surface area contributed by atoms with Crippen molar-refractivity contribution in [2.45, 2.75) is 6.54 Å². The van der Waals surface area contributed by atoms with Gasteiger partial charge in [0, 0.05) is 19.2 Å². The van der Waals surface area contributed by atoms with Crippen LogP contribution in [0.1, 0.15) is 5.56 Å². The Hall–Kier alpha value is -1.75. The van der Waals surface area contributed by atoms with Crippen LogP contribution >= 0.6 is 11.6 Å². The Bertz CT molecular complexity index is 486. The van der Waals surface area contributed by atoms with Gasteiger partial charge in [-0.15, -0.1) is 11.6 Å². The number of amidine groups is 1. The van der Waals surface area contributed by atoms with Gasteiger partial charge in [0.1, 0.15) is 5.84 Å². The molecule has 5 nitrogen and oxygen atoms in total. The van der Waals surface area contributed by atoms with Crippen LogP contribution in [0.15, 0.2) is 23.2 Å². The molecule has 0 aromatic heterocycles. The molecule has 0 fully saturated rings. The van der Waals surface area contributed by atoms with Crippen molar-refractivity contribution in [2.75, 3.05) is 17.8 Å². The van der Waals surface area contributed by atoms with E-state index in [1.165, 1.54) is 0 Å². The summed E-state index contributed by atoms with van der Waals surface area (Å²) in [6, 6.07) is 5.45. The second-order valence-electron chi connectivity index (χ2n) is 3.73. The van der Waals surface area contributed by atoms with E-state index in [0.29, 0.717) is 12.4 Å².